The minimum atomic E-state index is -3.69. The van der Waals surface area contributed by atoms with Gasteiger partial charge in [-0.05, 0) is 34.1 Å². The molecule has 0 amide bonds. The zero-order valence-corrected chi connectivity index (χ0v) is 13.1. The largest absolute Gasteiger partial charge is 0.353 e. The molecule has 0 radical (unpaired) electrons. The summed E-state index contributed by atoms with van der Waals surface area (Å²) in [6, 6.07) is 5.10. The van der Waals surface area contributed by atoms with Crippen molar-refractivity contribution in [3.8, 4) is 0 Å². The van der Waals surface area contributed by atoms with E-state index in [2.05, 4.69) is 25.6 Å². The number of sulfonamides is 1. The summed E-state index contributed by atoms with van der Waals surface area (Å²) >= 11 is 8.99. The van der Waals surface area contributed by atoms with Crippen LogP contribution in [0.5, 0.6) is 0 Å². The quantitative estimate of drug-likeness (QED) is 0.847. The molecule has 0 spiro atoms. The van der Waals surface area contributed by atoms with Gasteiger partial charge in [0.2, 0.25) is 10.0 Å². The molecule has 5 nitrogen and oxygen atoms in total. The highest BCUT2D eigenvalue weighted by atomic mass is 79.9. The van der Waals surface area contributed by atoms with E-state index in [-0.39, 0.29) is 16.6 Å². The fourth-order valence-corrected chi connectivity index (χ4v) is 3.46. The number of hydrogen-bond donors (Lipinski definition) is 1. The molecule has 0 fully saturated rings. The molecule has 2 rings (SSSR count). The van der Waals surface area contributed by atoms with Crippen LogP contribution in [0.15, 0.2) is 40.0 Å². The number of nitrogens with zero attached hydrogens (tertiary/aromatic N) is 2. The Kier molecular flexibility index (Phi) is 4.29. The smallest absolute Gasteiger partial charge is 0.244 e. The van der Waals surface area contributed by atoms with E-state index in [1.54, 1.807) is 0 Å². The van der Waals surface area contributed by atoms with Crippen molar-refractivity contribution in [3.63, 3.8) is 0 Å². The zero-order valence-electron chi connectivity index (χ0n) is 9.97. The molecule has 0 aliphatic rings. The monoisotopic (exact) mass is 363 g/mol. The van der Waals surface area contributed by atoms with Gasteiger partial charge in [0.05, 0.1) is 6.54 Å². The van der Waals surface area contributed by atoms with E-state index in [4.69, 9.17) is 11.6 Å². The van der Waals surface area contributed by atoms with Crippen LogP contribution in [0.3, 0.4) is 0 Å². The SMILES string of the molecule is Cn1cccc1CNS(=O)(=O)c1cc(Br)cnc1Cl. The Labute approximate surface area is 124 Å². The summed E-state index contributed by atoms with van der Waals surface area (Å²) in [5.74, 6) is 0. The standard InChI is InChI=1S/C11H11BrClN3O2S/c1-16-4-2-3-9(16)7-15-19(17,18)10-5-8(12)6-14-11(10)13/h2-6,15H,7H2,1H3. The van der Waals surface area contributed by atoms with E-state index in [1.807, 2.05) is 29.9 Å². The Morgan fingerprint density at radius 1 is 1.53 bits per heavy atom. The summed E-state index contributed by atoms with van der Waals surface area (Å²) in [4.78, 5) is 3.76. The third-order valence-electron chi connectivity index (χ3n) is 2.56. The molecule has 0 bridgehead atoms. The molecule has 0 aliphatic carbocycles. The number of aromatic nitrogens is 2. The van der Waals surface area contributed by atoms with Gasteiger partial charge in [0.1, 0.15) is 10.0 Å². The fourth-order valence-electron chi connectivity index (χ4n) is 1.52. The summed E-state index contributed by atoms with van der Waals surface area (Å²) in [7, 11) is -1.85. The van der Waals surface area contributed by atoms with E-state index < -0.39 is 10.0 Å². The predicted molar refractivity (Wildman–Crippen MR) is 76.4 cm³/mol. The number of pyridine rings is 1. The van der Waals surface area contributed by atoms with Gasteiger partial charge in [-0.25, -0.2) is 18.1 Å². The topological polar surface area (TPSA) is 64.0 Å². The molecule has 2 heterocycles. The van der Waals surface area contributed by atoms with Crippen molar-refractivity contribution in [2.45, 2.75) is 11.4 Å². The highest BCUT2D eigenvalue weighted by Crippen LogP contribution is 2.22. The van der Waals surface area contributed by atoms with Gasteiger partial charge in [-0.15, -0.1) is 0 Å². The van der Waals surface area contributed by atoms with E-state index >= 15 is 0 Å². The Balaban J connectivity index is 2.23. The van der Waals surface area contributed by atoms with Crippen molar-refractivity contribution >= 4 is 37.6 Å². The Hall–Kier alpha value is -0.890. The number of aryl methyl sites for hydroxylation is 1. The first-order valence-electron chi connectivity index (χ1n) is 5.31. The summed E-state index contributed by atoms with van der Waals surface area (Å²) in [5.41, 5.74) is 0.850. The molecule has 0 aliphatic heterocycles. The lowest BCUT2D eigenvalue weighted by atomic mass is 10.4. The van der Waals surface area contributed by atoms with Crippen molar-refractivity contribution in [1.82, 2.24) is 14.3 Å². The van der Waals surface area contributed by atoms with Crippen LogP contribution in [0.1, 0.15) is 5.69 Å². The van der Waals surface area contributed by atoms with E-state index in [0.717, 1.165) is 5.69 Å². The fraction of sp³-hybridized carbons (Fsp3) is 0.182. The maximum atomic E-state index is 12.1. The number of nitrogens with one attached hydrogen (secondary N) is 1. The Morgan fingerprint density at radius 3 is 2.89 bits per heavy atom. The van der Waals surface area contributed by atoms with Crippen LogP contribution in [-0.4, -0.2) is 18.0 Å². The van der Waals surface area contributed by atoms with Crippen molar-refractivity contribution in [2.24, 2.45) is 7.05 Å². The highest BCUT2D eigenvalue weighted by molar-refractivity contribution is 9.10. The van der Waals surface area contributed by atoms with Crippen molar-refractivity contribution in [1.29, 1.82) is 0 Å². The maximum Gasteiger partial charge on any atom is 0.244 e. The van der Waals surface area contributed by atoms with Crippen molar-refractivity contribution in [3.05, 3.63) is 45.9 Å². The Bertz CT molecular complexity index is 700. The molecule has 0 aromatic carbocycles. The average molecular weight is 365 g/mol. The molecule has 102 valence electrons. The second kappa shape index (κ2) is 5.62. The third kappa shape index (κ3) is 3.36. The van der Waals surface area contributed by atoms with Gasteiger partial charge in [-0.3, -0.25) is 0 Å². The van der Waals surface area contributed by atoms with Crippen molar-refractivity contribution < 1.29 is 8.42 Å². The van der Waals surface area contributed by atoms with Gasteiger partial charge in [-0.1, -0.05) is 11.6 Å². The third-order valence-corrected chi connectivity index (χ3v) is 4.82. The van der Waals surface area contributed by atoms with Crippen LogP contribution in [0.4, 0.5) is 0 Å². The van der Waals surface area contributed by atoms with Gasteiger partial charge in [0.15, 0.2) is 0 Å². The molecule has 0 atom stereocenters. The van der Waals surface area contributed by atoms with Gasteiger partial charge in [0.25, 0.3) is 0 Å². The summed E-state index contributed by atoms with van der Waals surface area (Å²) in [6.07, 6.45) is 3.29. The van der Waals surface area contributed by atoms with E-state index in [9.17, 15) is 8.42 Å². The molecule has 1 N–H and O–H groups in total. The maximum absolute atomic E-state index is 12.1. The highest BCUT2D eigenvalue weighted by Gasteiger charge is 2.19. The van der Waals surface area contributed by atoms with Gasteiger partial charge in [-0.2, -0.15) is 0 Å². The lowest BCUT2D eigenvalue weighted by molar-refractivity contribution is 0.578. The number of hydrogen-bond acceptors (Lipinski definition) is 3. The van der Waals surface area contributed by atoms with Gasteiger partial charge in [0, 0.05) is 29.6 Å². The van der Waals surface area contributed by atoms with E-state index in [1.165, 1.54) is 12.3 Å². The molecule has 0 unspecified atom stereocenters. The summed E-state index contributed by atoms with van der Waals surface area (Å²) < 4.78 is 29.2. The lowest BCUT2D eigenvalue weighted by Crippen LogP contribution is -2.24. The molecular formula is C11H11BrClN3O2S. The Morgan fingerprint density at radius 2 is 2.26 bits per heavy atom. The molecular weight excluding hydrogens is 354 g/mol. The number of rotatable bonds is 4. The first-order valence-corrected chi connectivity index (χ1v) is 7.96. The second-order valence-corrected chi connectivity index (χ2v) is 6.89. The van der Waals surface area contributed by atoms with Crippen LogP contribution < -0.4 is 4.72 Å². The molecule has 0 saturated carbocycles. The first kappa shape index (κ1) is 14.5. The summed E-state index contributed by atoms with van der Waals surface area (Å²) in [6.45, 7) is 0.189. The van der Waals surface area contributed by atoms with Crippen LogP contribution >= 0.6 is 27.5 Å². The average Bonchev–Trinajstić information content (AvgIpc) is 2.75. The van der Waals surface area contributed by atoms with Crippen molar-refractivity contribution in [2.75, 3.05) is 0 Å². The van der Waals surface area contributed by atoms with Crippen LogP contribution in [-0.2, 0) is 23.6 Å². The minimum Gasteiger partial charge on any atom is -0.353 e. The van der Waals surface area contributed by atoms with Crippen LogP contribution in [0.2, 0.25) is 5.15 Å². The first-order chi connectivity index (χ1) is 8.90. The van der Waals surface area contributed by atoms with Crippen LogP contribution in [0, 0.1) is 0 Å². The van der Waals surface area contributed by atoms with Crippen LogP contribution in [0.25, 0.3) is 0 Å². The summed E-state index contributed by atoms with van der Waals surface area (Å²) in [5, 5.41) is -0.0532. The predicted octanol–water partition coefficient (Wildman–Crippen LogP) is 2.31. The second-order valence-electron chi connectivity index (χ2n) is 3.88. The zero-order chi connectivity index (χ0) is 14.0. The van der Waals surface area contributed by atoms with Gasteiger partial charge >= 0.3 is 0 Å². The minimum absolute atomic E-state index is 0.0437. The molecule has 2 aromatic rings. The lowest BCUT2D eigenvalue weighted by Gasteiger charge is -2.09. The van der Waals surface area contributed by atoms with E-state index in [0.29, 0.717) is 4.47 Å². The molecule has 2 aromatic heterocycles. The molecule has 8 heteroatoms. The molecule has 19 heavy (non-hydrogen) atoms. The van der Waals surface area contributed by atoms with Gasteiger partial charge < -0.3 is 4.57 Å². The number of halogens is 2. The molecule has 0 saturated heterocycles. The normalized spacial score (nSPS) is 11.7.